The highest BCUT2D eigenvalue weighted by molar-refractivity contribution is 5.84. The van der Waals surface area contributed by atoms with Crippen molar-refractivity contribution in [1.29, 1.82) is 0 Å². The van der Waals surface area contributed by atoms with E-state index in [-0.39, 0.29) is 0 Å². The zero-order valence-electron chi connectivity index (χ0n) is 9.56. The molecule has 0 heterocycles. The Balaban J connectivity index is 2.89. The molecule has 0 N–H and O–H groups in total. The molecule has 0 aromatic heterocycles. The molecule has 86 valence electrons. The van der Waals surface area contributed by atoms with Crippen LogP contribution in [0.15, 0.2) is 36.9 Å². The predicted molar refractivity (Wildman–Crippen MR) is 66.1 cm³/mol. The lowest BCUT2D eigenvalue weighted by atomic mass is 10.1. The Kier molecular flexibility index (Phi) is 5.29. The van der Waals surface area contributed by atoms with Crippen LogP contribution in [0.4, 0.5) is 5.69 Å². The standard InChI is InChI=1S/C13H17NO2/c1-3-8-14(9-10-16-2)13-7-5-4-6-12(13)11-15/h3-7,11H,1,8-10H2,2H3. The lowest BCUT2D eigenvalue weighted by Gasteiger charge is -2.24. The van der Waals surface area contributed by atoms with E-state index in [1.165, 1.54) is 0 Å². The van der Waals surface area contributed by atoms with Gasteiger partial charge in [0.1, 0.15) is 0 Å². The van der Waals surface area contributed by atoms with Gasteiger partial charge in [-0.25, -0.2) is 0 Å². The summed E-state index contributed by atoms with van der Waals surface area (Å²) >= 11 is 0. The summed E-state index contributed by atoms with van der Waals surface area (Å²) in [5.74, 6) is 0. The third-order valence-electron chi connectivity index (χ3n) is 2.32. The van der Waals surface area contributed by atoms with E-state index in [9.17, 15) is 4.79 Å². The zero-order chi connectivity index (χ0) is 11.8. The summed E-state index contributed by atoms with van der Waals surface area (Å²) in [6.07, 6.45) is 2.69. The number of anilines is 1. The minimum Gasteiger partial charge on any atom is -0.383 e. The Bertz CT molecular complexity index is 350. The fourth-order valence-electron chi connectivity index (χ4n) is 1.54. The van der Waals surface area contributed by atoms with E-state index in [1.54, 1.807) is 7.11 Å². The van der Waals surface area contributed by atoms with Crippen molar-refractivity contribution in [3.63, 3.8) is 0 Å². The van der Waals surface area contributed by atoms with Crippen molar-refractivity contribution in [2.45, 2.75) is 0 Å². The third kappa shape index (κ3) is 3.21. The minimum atomic E-state index is 0.626. The van der Waals surface area contributed by atoms with Crippen LogP contribution < -0.4 is 4.90 Å². The summed E-state index contributed by atoms with van der Waals surface area (Å²) < 4.78 is 5.05. The van der Waals surface area contributed by atoms with E-state index in [0.717, 1.165) is 18.5 Å². The second-order valence-electron chi connectivity index (χ2n) is 3.40. The number of aldehydes is 1. The van der Waals surface area contributed by atoms with Crippen LogP contribution in [0.25, 0.3) is 0 Å². The molecule has 0 saturated heterocycles. The van der Waals surface area contributed by atoms with Gasteiger partial charge < -0.3 is 9.64 Å². The first-order valence-corrected chi connectivity index (χ1v) is 5.22. The van der Waals surface area contributed by atoms with Crippen LogP contribution in [0.1, 0.15) is 10.4 Å². The maximum Gasteiger partial charge on any atom is 0.152 e. The Morgan fingerprint density at radius 3 is 2.81 bits per heavy atom. The molecule has 3 heteroatoms. The van der Waals surface area contributed by atoms with Crippen LogP contribution >= 0.6 is 0 Å². The van der Waals surface area contributed by atoms with E-state index >= 15 is 0 Å². The molecule has 0 bridgehead atoms. The van der Waals surface area contributed by atoms with Gasteiger partial charge in [0.2, 0.25) is 0 Å². The fraction of sp³-hybridized carbons (Fsp3) is 0.308. The smallest absolute Gasteiger partial charge is 0.152 e. The van der Waals surface area contributed by atoms with E-state index in [1.807, 2.05) is 30.3 Å². The van der Waals surface area contributed by atoms with Gasteiger partial charge in [-0.3, -0.25) is 4.79 Å². The molecule has 0 aliphatic carbocycles. The molecular formula is C13H17NO2. The largest absolute Gasteiger partial charge is 0.383 e. The minimum absolute atomic E-state index is 0.626. The van der Waals surface area contributed by atoms with Gasteiger partial charge in [-0.1, -0.05) is 18.2 Å². The first kappa shape index (κ1) is 12.5. The number of carbonyl (C=O) groups excluding carboxylic acids is 1. The number of hydrogen-bond donors (Lipinski definition) is 0. The predicted octanol–water partition coefficient (Wildman–Crippen LogP) is 2.14. The van der Waals surface area contributed by atoms with E-state index in [4.69, 9.17) is 4.74 Å². The van der Waals surface area contributed by atoms with E-state index in [2.05, 4.69) is 11.5 Å². The number of nitrogens with zero attached hydrogens (tertiary/aromatic N) is 1. The Labute approximate surface area is 96.3 Å². The molecule has 3 nitrogen and oxygen atoms in total. The summed E-state index contributed by atoms with van der Waals surface area (Å²) in [7, 11) is 1.66. The zero-order valence-corrected chi connectivity index (χ0v) is 9.56. The van der Waals surface area contributed by atoms with Crippen molar-refractivity contribution in [2.75, 3.05) is 31.7 Å². The molecule has 1 rings (SSSR count). The summed E-state index contributed by atoms with van der Waals surface area (Å²) in [4.78, 5) is 13.0. The lowest BCUT2D eigenvalue weighted by Crippen LogP contribution is -2.28. The molecule has 1 aromatic rings. The maximum absolute atomic E-state index is 10.9. The van der Waals surface area contributed by atoms with E-state index in [0.29, 0.717) is 18.7 Å². The molecule has 0 fully saturated rings. The Morgan fingerprint density at radius 2 is 2.19 bits per heavy atom. The summed E-state index contributed by atoms with van der Waals surface area (Å²) in [6.45, 7) is 5.79. The van der Waals surface area contributed by atoms with Gasteiger partial charge in [0.15, 0.2) is 6.29 Å². The molecule has 0 radical (unpaired) electrons. The topological polar surface area (TPSA) is 29.5 Å². The third-order valence-corrected chi connectivity index (χ3v) is 2.32. The molecule has 0 unspecified atom stereocenters. The maximum atomic E-state index is 10.9. The van der Waals surface area contributed by atoms with Crippen LogP contribution in [0.2, 0.25) is 0 Å². The number of para-hydroxylation sites is 1. The SMILES string of the molecule is C=CCN(CCOC)c1ccccc1C=O. The van der Waals surface area contributed by atoms with Gasteiger partial charge in [-0.15, -0.1) is 6.58 Å². The number of carbonyl (C=O) groups is 1. The summed E-state index contributed by atoms with van der Waals surface area (Å²) in [6, 6.07) is 7.52. The van der Waals surface area contributed by atoms with Crippen molar-refractivity contribution in [1.82, 2.24) is 0 Å². The quantitative estimate of drug-likeness (QED) is 0.520. The van der Waals surface area contributed by atoms with Gasteiger partial charge in [-0.05, 0) is 12.1 Å². The molecule has 0 saturated carbocycles. The molecule has 16 heavy (non-hydrogen) atoms. The van der Waals surface area contributed by atoms with Crippen LogP contribution in [-0.4, -0.2) is 33.1 Å². The highest BCUT2D eigenvalue weighted by Crippen LogP contribution is 2.18. The van der Waals surface area contributed by atoms with Gasteiger partial charge in [-0.2, -0.15) is 0 Å². The Hall–Kier alpha value is -1.61. The molecule has 1 aromatic carbocycles. The van der Waals surface area contributed by atoms with Gasteiger partial charge >= 0.3 is 0 Å². The number of rotatable bonds is 7. The summed E-state index contributed by atoms with van der Waals surface area (Å²) in [5, 5.41) is 0. The van der Waals surface area contributed by atoms with Gasteiger partial charge in [0.05, 0.1) is 6.61 Å². The first-order chi connectivity index (χ1) is 7.83. The van der Waals surface area contributed by atoms with Crippen LogP contribution in [0, 0.1) is 0 Å². The van der Waals surface area contributed by atoms with Crippen molar-refractivity contribution in [2.24, 2.45) is 0 Å². The molecule has 0 aliphatic heterocycles. The van der Waals surface area contributed by atoms with Crippen LogP contribution in [0.5, 0.6) is 0 Å². The second kappa shape index (κ2) is 6.80. The number of methoxy groups -OCH3 is 1. The molecule has 0 spiro atoms. The average molecular weight is 219 g/mol. The number of hydrogen-bond acceptors (Lipinski definition) is 3. The molecule has 0 atom stereocenters. The summed E-state index contributed by atoms with van der Waals surface area (Å²) in [5.41, 5.74) is 1.62. The highest BCUT2D eigenvalue weighted by atomic mass is 16.5. The van der Waals surface area contributed by atoms with Gasteiger partial charge in [0, 0.05) is 31.5 Å². The van der Waals surface area contributed by atoms with Crippen molar-refractivity contribution in [3.05, 3.63) is 42.5 Å². The number of ether oxygens (including phenoxy) is 1. The first-order valence-electron chi connectivity index (χ1n) is 5.22. The molecule has 0 amide bonds. The second-order valence-corrected chi connectivity index (χ2v) is 3.40. The normalized spacial score (nSPS) is 9.81. The molecular weight excluding hydrogens is 202 g/mol. The van der Waals surface area contributed by atoms with Crippen molar-refractivity contribution < 1.29 is 9.53 Å². The van der Waals surface area contributed by atoms with Crippen molar-refractivity contribution in [3.8, 4) is 0 Å². The monoisotopic (exact) mass is 219 g/mol. The van der Waals surface area contributed by atoms with Crippen molar-refractivity contribution >= 4 is 12.0 Å². The fourth-order valence-corrected chi connectivity index (χ4v) is 1.54. The Morgan fingerprint density at radius 1 is 1.44 bits per heavy atom. The van der Waals surface area contributed by atoms with Crippen LogP contribution in [0.3, 0.4) is 0 Å². The van der Waals surface area contributed by atoms with E-state index < -0.39 is 0 Å². The lowest BCUT2D eigenvalue weighted by molar-refractivity contribution is 0.112. The van der Waals surface area contributed by atoms with Gasteiger partial charge in [0.25, 0.3) is 0 Å². The van der Waals surface area contributed by atoms with Crippen LogP contribution in [-0.2, 0) is 4.74 Å². The highest BCUT2D eigenvalue weighted by Gasteiger charge is 2.08. The average Bonchev–Trinajstić information content (AvgIpc) is 2.34. The molecule has 0 aliphatic rings. The number of benzene rings is 1.